The number of carbonyl (C=O) groups excluding carboxylic acids is 1. The molecule has 0 saturated heterocycles. The van der Waals surface area contributed by atoms with Crippen molar-refractivity contribution in [3.8, 4) is 17.5 Å². The summed E-state index contributed by atoms with van der Waals surface area (Å²) < 4.78 is 69.6. The Labute approximate surface area is 225 Å². The number of imidazole rings is 1. The van der Waals surface area contributed by atoms with Gasteiger partial charge in [-0.15, -0.1) is 0 Å². The quantitative estimate of drug-likeness (QED) is 0.471. The average molecular weight is 571 g/mol. The second-order valence-electron chi connectivity index (χ2n) is 10.1. The standard InChI is InChI=1S/C26H33F3N4O5S/c1-5-22-32-23(24(34)31-15-25(35)10-8-18(9-11-25)39(4,36)37)20(14-30)33(22)19-7-6-17(13-21(19)38-3)12-16(2)26(27,28)29/h6-7,13,16,18,35H,5,8-12,15H2,1-4H3,(H,31,34)/t16?,18-,25-. The van der Waals surface area contributed by atoms with Crippen molar-refractivity contribution in [2.45, 2.75) is 69.4 Å². The van der Waals surface area contributed by atoms with Crippen LogP contribution in [-0.4, -0.2) is 65.9 Å². The number of halogens is 3. The Balaban J connectivity index is 1.86. The smallest absolute Gasteiger partial charge is 0.391 e. The van der Waals surface area contributed by atoms with Crippen molar-refractivity contribution >= 4 is 15.7 Å². The molecule has 1 aliphatic carbocycles. The van der Waals surface area contributed by atoms with Crippen molar-refractivity contribution in [3.63, 3.8) is 0 Å². The number of carbonyl (C=O) groups is 1. The highest BCUT2D eigenvalue weighted by Crippen LogP contribution is 2.34. The van der Waals surface area contributed by atoms with E-state index in [1.165, 1.54) is 36.1 Å². The molecule has 0 bridgehead atoms. The Bertz CT molecular complexity index is 1360. The first-order valence-corrected chi connectivity index (χ1v) is 14.5. The highest BCUT2D eigenvalue weighted by molar-refractivity contribution is 7.91. The number of methoxy groups -OCH3 is 1. The van der Waals surface area contributed by atoms with Gasteiger partial charge in [0, 0.05) is 19.2 Å². The predicted molar refractivity (Wildman–Crippen MR) is 138 cm³/mol. The lowest BCUT2D eigenvalue weighted by Gasteiger charge is -2.35. The molecule has 0 aliphatic heterocycles. The summed E-state index contributed by atoms with van der Waals surface area (Å²) in [4.78, 5) is 17.4. The highest BCUT2D eigenvalue weighted by atomic mass is 32.2. The van der Waals surface area contributed by atoms with E-state index in [-0.39, 0.29) is 55.8 Å². The molecule has 1 aromatic heterocycles. The number of nitriles is 1. The van der Waals surface area contributed by atoms with Crippen LogP contribution in [0.3, 0.4) is 0 Å². The number of sulfone groups is 1. The van der Waals surface area contributed by atoms with E-state index in [0.29, 0.717) is 23.5 Å². The first-order chi connectivity index (χ1) is 18.1. The van der Waals surface area contributed by atoms with Gasteiger partial charge in [-0.05, 0) is 49.8 Å². The van der Waals surface area contributed by atoms with E-state index < -0.39 is 38.7 Å². The molecule has 13 heteroatoms. The predicted octanol–water partition coefficient (Wildman–Crippen LogP) is 3.50. The Kier molecular flexibility index (Phi) is 9.02. The van der Waals surface area contributed by atoms with Crippen molar-refractivity contribution in [2.24, 2.45) is 5.92 Å². The second kappa shape index (κ2) is 11.6. The number of aryl methyl sites for hydroxylation is 1. The van der Waals surface area contributed by atoms with Crippen LogP contribution >= 0.6 is 0 Å². The Morgan fingerprint density at radius 3 is 2.51 bits per heavy atom. The largest absolute Gasteiger partial charge is 0.495 e. The summed E-state index contributed by atoms with van der Waals surface area (Å²) in [7, 11) is -1.86. The third kappa shape index (κ3) is 6.91. The van der Waals surface area contributed by atoms with E-state index in [1.807, 2.05) is 6.07 Å². The van der Waals surface area contributed by atoms with Crippen molar-refractivity contribution in [2.75, 3.05) is 19.9 Å². The maximum Gasteiger partial charge on any atom is 0.391 e. The summed E-state index contributed by atoms with van der Waals surface area (Å²) >= 11 is 0. The van der Waals surface area contributed by atoms with Crippen molar-refractivity contribution in [1.29, 1.82) is 5.26 Å². The summed E-state index contributed by atoms with van der Waals surface area (Å²) in [6.07, 6.45) is -2.15. The minimum absolute atomic E-state index is 0.0909. The summed E-state index contributed by atoms with van der Waals surface area (Å²) in [6.45, 7) is 2.73. The molecule has 1 amide bonds. The molecule has 2 N–H and O–H groups in total. The number of nitrogens with zero attached hydrogens (tertiary/aromatic N) is 3. The zero-order valence-corrected chi connectivity index (χ0v) is 23.1. The number of benzene rings is 1. The van der Waals surface area contributed by atoms with Crippen molar-refractivity contribution < 1.29 is 36.2 Å². The molecule has 0 radical (unpaired) electrons. The van der Waals surface area contributed by atoms with Crippen LogP contribution in [0.5, 0.6) is 5.75 Å². The van der Waals surface area contributed by atoms with Gasteiger partial charge < -0.3 is 15.2 Å². The number of ether oxygens (including phenoxy) is 1. The summed E-state index contributed by atoms with van der Waals surface area (Å²) in [5.41, 5.74) is -0.800. The van der Waals surface area contributed by atoms with Crippen LogP contribution in [0.2, 0.25) is 0 Å². The Morgan fingerprint density at radius 2 is 2.00 bits per heavy atom. The molecule has 1 fully saturated rings. The molecule has 214 valence electrons. The number of hydrogen-bond acceptors (Lipinski definition) is 7. The zero-order chi connectivity index (χ0) is 29.2. The molecule has 1 aromatic carbocycles. The first kappa shape index (κ1) is 30.4. The van der Waals surface area contributed by atoms with Crippen molar-refractivity contribution in [3.05, 3.63) is 41.0 Å². The number of alkyl halides is 3. The molecular formula is C26H33F3N4O5S. The first-order valence-electron chi connectivity index (χ1n) is 12.6. The maximum absolute atomic E-state index is 13.1. The lowest BCUT2D eigenvalue weighted by molar-refractivity contribution is -0.169. The Morgan fingerprint density at radius 1 is 1.36 bits per heavy atom. The normalized spacial score (nSPS) is 20.7. The molecule has 9 nitrogen and oxygen atoms in total. The van der Waals surface area contributed by atoms with Gasteiger partial charge >= 0.3 is 6.18 Å². The average Bonchev–Trinajstić information content (AvgIpc) is 3.25. The van der Waals surface area contributed by atoms with Gasteiger partial charge in [0.1, 0.15) is 27.5 Å². The fourth-order valence-electron chi connectivity index (χ4n) is 4.79. The van der Waals surface area contributed by atoms with Crippen LogP contribution in [-0.2, 0) is 22.7 Å². The summed E-state index contributed by atoms with van der Waals surface area (Å²) in [6, 6.07) is 6.51. The fourth-order valence-corrected chi connectivity index (χ4v) is 5.88. The number of aromatic nitrogens is 2. The number of rotatable bonds is 9. The van der Waals surface area contributed by atoms with E-state index >= 15 is 0 Å². The third-order valence-corrected chi connectivity index (χ3v) is 8.90. The number of nitrogens with one attached hydrogen (secondary N) is 1. The topological polar surface area (TPSA) is 134 Å². The molecule has 1 atom stereocenters. The van der Waals surface area contributed by atoms with Crippen LogP contribution < -0.4 is 10.1 Å². The molecule has 39 heavy (non-hydrogen) atoms. The van der Waals surface area contributed by atoms with Gasteiger partial charge in [-0.1, -0.05) is 19.9 Å². The van der Waals surface area contributed by atoms with Crippen molar-refractivity contribution in [1.82, 2.24) is 14.9 Å². The van der Waals surface area contributed by atoms with Gasteiger partial charge in [0.25, 0.3) is 5.91 Å². The molecule has 1 saturated carbocycles. The monoisotopic (exact) mass is 570 g/mol. The van der Waals surface area contributed by atoms with E-state index in [1.54, 1.807) is 6.92 Å². The Hall–Kier alpha value is -3.11. The van der Waals surface area contributed by atoms with Crippen LogP contribution in [0.15, 0.2) is 18.2 Å². The molecule has 1 aliphatic rings. The molecule has 1 unspecified atom stereocenters. The number of hydrogen-bond donors (Lipinski definition) is 2. The number of aliphatic hydroxyl groups is 1. The SMILES string of the molecule is CCc1nc(C(=O)NC[C@]2(O)CC[C@H](S(C)(=O)=O)CC2)c(C#N)n1-c1ccc(CC(C)C(F)(F)F)cc1OC. The van der Waals surface area contributed by atoms with Gasteiger partial charge in [-0.2, -0.15) is 18.4 Å². The second-order valence-corrected chi connectivity index (χ2v) is 12.4. The van der Waals surface area contributed by atoms with Gasteiger partial charge in [-0.25, -0.2) is 13.4 Å². The van der Waals surface area contributed by atoms with E-state index in [9.17, 15) is 36.8 Å². The van der Waals surface area contributed by atoms with Gasteiger partial charge in [0.2, 0.25) is 0 Å². The van der Waals surface area contributed by atoms with Crippen LogP contribution in [0.25, 0.3) is 5.69 Å². The molecule has 2 aromatic rings. The zero-order valence-electron chi connectivity index (χ0n) is 22.3. The van der Waals surface area contributed by atoms with E-state index in [4.69, 9.17) is 4.74 Å². The lowest BCUT2D eigenvalue weighted by Crippen LogP contribution is -2.47. The minimum atomic E-state index is -4.35. The maximum atomic E-state index is 13.1. The summed E-state index contributed by atoms with van der Waals surface area (Å²) in [5, 5.41) is 22.9. The number of amides is 1. The van der Waals surface area contributed by atoms with Crippen LogP contribution in [0.4, 0.5) is 13.2 Å². The molecule has 3 rings (SSSR count). The van der Waals surface area contributed by atoms with E-state index in [0.717, 1.165) is 6.92 Å². The fraction of sp³-hybridized carbons (Fsp3) is 0.577. The molecular weight excluding hydrogens is 537 g/mol. The molecule has 0 spiro atoms. The summed E-state index contributed by atoms with van der Waals surface area (Å²) in [5.74, 6) is -1.67. The van der Waals surface area contributed by atoms with Gasteiger partial charge in [0.15, 0.2) is 11.4 Å². The minimum Gasteiger partial charge on any atom is -0.495 e. The van der Waals surface area contributed by atoms with Gasteiger partial charge in [0.05, 0.1) is 29.6 Å². The van der Waals surface area contributed by atoms with Crippen LogP contribution in [0, 0.1) is 17.2 Å². The highest BCUT2D eigenvalue weighted by Gasteiger charge is 2.38. The lowest BCUT2D eigenvalue weighted by atomic mass is 9.84. The third-order valence-electron chi connectivity index (χ3n) is 7.22. The van der Waals surface area contributed by atoms with Crippen LogP contribution in [0.1, 0.15) is 67.1 Å². The van der Waals surface area contributed by atoms with Gasteiger partial charge in [-0.3, -0.25) is 9.36 Å². The molecule has 1 heterocycles. The van der Waals surface area contributed by atoms with E-state index in [2.05, 4.69) is 10.3 Å².